The van der Waals surface area contributed by atoms with Gasteiger partial charge in [-0.2, -0.15) is 10.2 Å². The van der Waals surface area contributed by atoms with Crippen LogP contribution < -0.4 is 0 Å². The molecule has 0 aromatic carbocycles. The zero-order chi connectivity index (χ0) is 15.1. The first-order valence-corrected chi connectivity index (χ1v) is 7.63. The predicted molar refractivity (Wildman–Crippen MR) is 81.2 cm³/mol. The predicted octanol–water partition coefficient (Wildman–Crippen LogP) is 1.83. The highest BCUT2D eigenvalue weighted by molar-refractivity contribution is 5.50. The van der Waals surface area contributed by atoms with Gasteiger partial charge in [-0.3, -0.25) is 4.68 Å². The number of nitrogens with zero attached hydrogens (tertiary/aromatic N) is 6. The Bertz CT molecular complexity index is 777. The molecule has 0 unspecified atom stereocenters. The molecule has 0 bridgehead atoms. The van der Waals surface area contributed by atoms with Gasteiger partial charge in [-0.25, -0.2) is 14.6 Å². The summed E-state index contributed by atoms with van der Waals surface area (Å²) in [6.07, 6.45) is 6.92. The third kappa shape index (κ3) is 2.43. The molecule has 114 valence electrons. The highest BCUT2D eigenvalue weighted by Gasteiger charge is 2.28. The van der Waals surface area contributed by atoms with E-state index in [1.807, 2.05) is 29.5 Å². The molecule has 4 rings (SSSR count). The van der Waals surface area contributed by atoms with Crippen LogP contribution in [0.25, 0.3) is 11.5 Å². The molecule has 3 aromatic heterocycles. The molecule has 0 radical (unpaired) electrons. The van der Waals surface area contributed by atoms with E-state index in [0.29, 0.717) is 5.92 Å². The summed E-state index contributed by atoms with van der Waals surface area (Å²) in [5.41, 5.74) is 3.31. The van der Waals surface area contributed by atoms with Crippen LogP contribution in [0.2, 0.25) is 0 Å². The molecule has 0 aliphatic heterocycles. The van der Waals surface area contributed by atoms with E-state index in [2.05, 4.69) is 31.2 Å². The standard InChI is InChI=1S/C15H19N7/c1-10-18-15(13-7-14(11-3-4-11)21(2)20-13)22(19-10)6-5-12-8-16-9-17-12/h7-9,11H,3-6H2,1-2H3,(H,16,17). The van der Waals surface area contributed by atoms with E-state index in [0.717, 1.165) is 36.0 Å². The second-order valence-corrected chi connectivity index (χ2v) is 5.88. The molecular formula is C15H19N7. The summed E-state index contributed by atoms with van der Waals surface area (Å²) in [6.45, 7) is 2.68. The Balaban J connectivity index is 1.62. The lowest BCUT2D eigenvalue weighted by atomic mass is 10.2. The van der Waals surface area contributed by atoms with Crippen LogP contribution in [0, 0.1) is 6.92 Å². The number of aromatic amines is 1. The summed E-state index contributed by atoms with van der Waals surface area (Å²) < 4.78 is 3.92. The van der Waals surface area contributed by atoms with Gasteiger partial charge in [0.1, 0.15) is 11.5 Å². The van der Waals surface area contributed by atoms with E-state index < -0.39 is 0 Å². The summed E-state index contributed by atoms with van der Waals surface area (Å²) in [4.78, 5) is 11.7. The van der Waals surface area contributed by atoms with E-state index in [4.69, 9.17) is 0 Å². The lowest BCUT2D eigenvalue weighted by Gasteiger charge is -2.02. The van der Waals surface area contributed by atoms with Crippen molar-refractivity contribution in [1.82, 2.24) is 34.5 Å². The second kappa shape index (κ2) is 5.08. The van der Waals surface area contributed by atoms with Crippen LogP contribution in [0.5, 0.6) is 0 Å². The summed E-state index contributed by atoms with van der Waals surface area (Å²) in [5.74, 6) is 2.30. The summed E-state index contributed by atoms with van der Waals surface area (Å²) >= 11 is 0. The second-order valence-electron chi connectivity index (χ2n) is 5.88. The van der Waals surface area contributed by atoms with Gasteiger partial charge in [0.05, 0.1) is 6.33 Å². The zero-order valence-corrected chi connectivity index (χ0v) is 12.8. The number of H-pyrrole nitrogens is 1. The quantitative estimate of drug-likeness (QED) is 0.779. The fourth-order valence-corrected chi connectivity index (χ4v) is 2.80. The third-order valence-electron chi connectivity index (χ3n) is 4.07. The molecule has 1 N–H and O–H groups in total. The summed E-state index contributed by atoms with van der Waals surface area (Å²) in [7, 11) is 2.01. The van der Waals surface area contributed by atoms with Crippen LogP contribution >= 0.6 is 0 Å². The molecule has 0 atom stereocenters. The number of imidazole rings is 1. The van der Waals surface area contributed by atoms with Crippen LogP contribution in [0.15, 0.2) is 18.6 Å². The van der Waals surface area contributed by atoms with Crippen LogP contribution in [0.3, 0.4) is 0 Å². The topological polar surface area (TPSA) is 77.2 Å². The molecule has 0 amide bonds. The molecule has 3 aromatic rings. The summed E-state index contributed by atoms with van der Waals surface area (Å²) in [5, 5.41) is 9.14. The Morgan fingerprint density at radius 3 is 2.91 bits per heavy atom. The van der Waals surface area contributed by atoms with Crippen molar-refractivity contribution >= 4 is 0 Å². The molecule has 1 aliphatic carbocycles. The van der Waals surface area contributed by atoms with Crippen LogP contribution in [-0.2, 0) is 20.0 Å². The van der Waals surface area contributed by atoms with Crippen molar-refractivity contribution in [2.45, 2.75) is 38.6 Å². The van der Waals surface area contributed by atoms with Crippen molar-refractivity contribution in [3.63, 3.8) is 0 Å². The monoisotopic (exact) mass is 297 g/mol. The van der Waals surface area contributed by atoms with E-state index in [-0.39, 0.29) is 0 Å². The van der Waals surface area contributed by atoms with Gasteiger partial charge in [0.15, 0.2) is 5.82 Å². The minimum atomic E-state index is 0.675. The van der Waals surface area contributed by atoms with Crippen molar-refractivity contribution in [3.05, 3.63) is 35.8 Å². The molecule has 1 fully saturated rings. The van der Waals surface area contributed by atoms with Gasteiger partial charge in [0.25, 0.3) is 0 Å². The van der Waals surface area contributed by atoms with Gasteiger partial charge in [-0.1, -0.05) is 0 Å². The van der Waals surface area contributed by atoms with Crippen molar-refractivity contribution < 1.29 is 0 Å². The van der Waals surface area contributed by atoms with Gasteiger partial charge in [-0.05, 0) is 25.8 Å². The normalized spacial score (nSPS) is 14.6. The van der Waals surface area contributed by atoms with Crippen LogP contribution in [0.1, 0.15) is 36.0 Å². The number of hydrogen-bond donors (Lipinski definition) is 1. The van der Waals surface area contributed by atoms with Crippen molar-refractivity contribution in [2.75, 3.05) is 0 Å². The molecule has 0 saturated heterocycles. The largest absolute Gasteiger partial charge is 0.348 e. The SMILES string of the molecule is Cc1nc(-c2cc(C3CC3)n(C)n2)n(CCc2cnc[nH]2)n1. The van der Waals surface area contributed by atoms with Gasteiger partial charge >= 0.3 is 0 Å². The van der Waals surface area contributed by atoms with Crippen LogP contribution in [0.4, 0.5) is 0 Å². The Kier molecular flexibility index (Phi) is 3.06. The average Bonchev–Trinajstić information content (AvgIpc) is 2.91. The van der Waals surface area contributed by atoms with Crippen molar-refractivity contribution in [3.8, 4) is 11.5 Å². The van der Waals surface area contributed by atoms with E-state index in [1.54, 1.807) is 6.33 Å². The first-order valence-electron chi connectivity index (χ1n) is 7.63. The van der Waals surface area contributed by atoms with Gasteiger partial charge in [-0.15, -0.1) is 0 Å². The zero-order valence-electron chi connectivity index (χ0n) is 12.8. The highest BCUT2D eigenvalue weighted by atomic mass is 15.4. The molecular weight excluding hydrogens is 278 g/mol. The number of nitrogens with one attached hydrogen (secondary N) is 1. The number of hydrogen-bond acceptors (Lipinski definition) is 4. The first-order chi connectivity index (χ1) is 10.7. The Morgan fingerprint density at radius 2 is 2.18 bits per heavy atom. The number of aryl methyl sites for hydroxylation is 4. The maximum Gasteiger partial charge on any atom is 0.178 e. The molecule has 3 heterocycles. The molecule has 1 aliphatic rings. The third-order valence-corrected chi connectivity index (χ3v) is 4.07. The van der Waals surface area contributed by atoms with E-state index in [1.165, 1.54) is 18.5 Å². The van der Waals surface area contributed by atoms with Crippen molar-refractivity contribution in [2.24, 2.45) is 7.05 Å². The molecule has 22 heavy (non-hydrogen) atoms. The maximum absolute atomic E-state index is 4.63. The smallest absolute Gasteiger partial charge is 0.178 e. The Hall–Kier alpha value is -2.44. The fraction of sp³-hybridized carbons (Fsp3) is 0.467. The Labute approximate surface area is 128 Å². The minimum absolute atomic E-state index is 0.675. The van der Waals surface area contributed by atoms with Crippen LogP contribution in [-0.4, -0.2) is 34.5 Å². The van der Waals surface area contributed by atoms with Gasteiger partial charge in [0.2, 0.25) is 0 Å². The molecule has 0 spiro atoms. The average molecular weight is 297 g/mol. The number of aromatic nitrogens is 7. The maximum atomic E-state index is 4.63. The lowest BCUT2D eigenvalue weighted by Crippen LogP contribution is -2.06. The van der Waals surface area contributed by atoms with Gasteiger partial charge in [0, 0.05) is 43.5 Å². The van der Waals surface area contributed by atoms with Gasteiger partial charge < -0.3 is 4.98 Å². The molecule has 7 heteroatoms. The minimum Gasteiger partial charge on any atom is -0.348 e. The van der Waals surface area contributed by atoms with E-state index in [9.17, 15) is 0 Å². The number of rotatable bonds is 5. The summed E-state index contributed by atoms with van der Waals surface area (Å²) in [6, 6.07) is 2.16. The highest BCUT2D eigenvalue weighted by Crippen LogP contribution is 2.40. The lowest BCUT2D eigenvalue weighted by molar-refractivity contribution is 0.608. The molecule has 7 nitrogen and oxygen atoms in total. The molecule has 1 saturated carbocycles. The Morgan fingerprint density at radius 1 is 1.32 bits per heavy atom. The van der Waals surface area contributed by atoms with Crippen molar-refractivity contribution in [1.29, 1.82) is 0 Å². The van der Waals surface area contributed by atoms with E-state index >= 15 is 0 Å². The first kappa shape index (κ1) is 13.2. The fourth-order valence-electron chi connectivity index (χ4n) is 2.80.